The minimum atomic E-state index is -0.0425. The number of aliphatic imine (C=N–C) groups is 1. The first-order valence-electron chi connectivity index (χ1n) is 11.7. The molecule has 1 heterocycles. The van der Waals surface area contributed by atoms with E-state index in [0.717, 1.165) is 21.3 Å². The van der Waals surface area contributed by atoms with Gasteiger partial charge in [0.25, 0.3) is 5.91 Å². The molecular weight excluding hydrogens is 536 g/mol. The normalized spacial score (nSPS) is 15.8. The van der Waals surface area contributed by atoms with Crippen LogP contribution in [0, 0.1) is 12.8 Å². The summed E-state index contributed by atoms with van der Waals surface area (Å²) in [6.07, 6.45) is 1.88. The van der Waals surface area contributed by atoms with Crippen molar-refractivity contribution in [3.63, 3.8) is 0 Å². The molecular formula is C29H29BrN2O3S. The lowest BCUT2D eigenvalue weighted by Gasteiger charge is -2.17. The largest absolute Gasteiger partial charge is 0.493 e. The second-order valence-corrected chi connectivity index (χ2v) is 10.8. The molecule has 7 heteroatoms. The van der Waals surface area contributed by atoms with Crippen LogP contribution in [0.5, 0.6) is 11.5 Å². The van der Waals surface area contributed by atoms with Gasteiger partial charge in [-0.25, -0.2) is 4.99 Å². The quantitative estimate of drug-likeness (QED) is 0.264. The number of aryl methyl sites for hydroxylation is 1. The third-order valence-corrected chi connectivity index (χ3v) is 7.07. The van der Waals surface area contributed by atoms with E-state index in [2.05, 4.69) is 29.8 Å². The van der Waals surface area contributed by atoms with Gasteiger partial charge in [0.2, 0.25) is 0 Å². The zero-order chi connectivity index (χ0) is 25.7. The van der Waals surface area contributed by atoms with Crippen molar-refractivity contribution < 1.29 is 14.3 Å². The molecule has 0 unspecified atom stereocenters. The maximum absolute atomic E-state index is 13.4. The van der Waals surface area contributed by atoms with E-state index in [1.54, 1.807) is 12.0 Å². The van der Waals surface area contributed by atoms with E-state index >= 15 is 0 Å². The summed E-state index contributed by atoms with van der Waals surface area (Å²) in [6, 6.07) is 21.8. The van der Waals surface area contributed by atoms with Crippen molar-refractivity contribution in [3.05, 3.63) is 92.8 Å². The number of ether oxygens (including phenoxy) is 2. The molecule has 1 saturated heterocycles. The Kier molecular flexibility index (Phi) is 8.54. The Morgan fingerprint density at radius 2 is 1.81 bits per heavy atom. The van der Waals surface area contributed by atoms with E-state index in [1.807, 2.05) is 79.7 Å². The van der Waals surface area contributed by atoms with E-state index < -0.39 is 0 Å². The molecule has 5 nitrogen and oxygen atoms in total. The summed E-state index contributed by atoms with van der Waals surface area (Å²) >= 11 is 5.02. The topological polar surface area (TPSA) is 51.1 Å². The predicted molar refractivity (Wildman–Crippen MR) is 152 cm³/mol. The Morgan fingerprint density at radius 3 is 2.47 bits per heavy atom. The van der Waals surface area contributed by atoms with Gasteiger partial charge >= 0.3 is 0 Å². The monoisotopic (exact) mass is 564 g/mol. The summed E-state index contributed by atoms with van der Waals surface area (Å²) < 4.78 is 12.4. The number of nitrogens with zero attached hydrogens (tertiary/aromatic N) is 2. The number of benzene rings is 3. The lowest BCUT2D eigenvalue weighted by atomic mass is 10.1. The number of hydrogen-bond acceptors (Lipinski definition) is 5. The molecule has 0 aromatic heterocycles. The van der Waals surface area contributed by atoms with E-state index in [-0.39, 0.29) is 5.91 Å². The summed E-state index contributed by atoms with van der Waals surface area (Å²) in [5, 5.41) is 0.692. The minimum absolute atomic E-state index is 0.0425. The first-order valence-corrected chi connectivity index (χ1v) is 13.4. The standard InChI is InChI=1S/C29H29BrN2O3S/c1-19(2)17-32-28(33)26(36-29(32)31-23-12-10-20(3)11-13-23)16-22-14-24(30)27(25(15-22)34-4)35-18-21-8-6-5-7-9-21/h5-16,19H,17-18H2,1-4H3/b26-16+,31-29?. The molecule has 0 aliphatic carbocycles. The van der Waals surface area contributed by atoms with Gasteiger partial charge in [0, 0.05) is 6.54 Å². The van der Waals surface area contributed by atoms with Crippen LogP contribution in [-0.4, -0.2) is 29.6 Å². The molecule has 36 heavy (non-hydrogen) atoms. The van der Waals surface area contributed by atoms with E-state index in [1.165, 1.54) is 17.3 Å². The zero-order valence-electron chi connectivity index (χ0n) is 20.8. The van der Waals surface area contributed by atoms with Crippen LogP contribution in [-0.2, 0) is 11.4 Å². The fraction of sp³-hybridized carbons (Fsp3) is 0.241. The Bertz CT molecular complexity index is 1290. The molecule has 3 aromatic carbocycles. The van der Waals surface area contributed by atoms with E-state index in [9.17, 15) is 4.79 Å². The number of thioether (sulfide) groups is 1. The second-order valence-electron chi connectivity index (χ2n) is 8.96. The van der Waals surface area contributed by atoms with Gasteiger partial charge in [-0.3, -0.25) is 9.69 Å². The molecule has 0 bridgehead atoms. The first kappa shape index (κ1) is 26.0. The van der Waals surface area contributed by atoms with E-state index in [0.29, 0.717) is 40.6 Å². The maximum atomic E-state index is 13.4. The summed E-state index contributed by atoms with van der Waals surface area (Å²) in [6.45, 7) is 7.26. The van der Waals surface area contributed by atoms with Gasteiger partial charge in [-0.05, 0) is 82.0 Å². The van der Waals surface area contributed by atoms with Crippen LogP contribution in [0.2, 0.25) is 0 Å². The van der Waals surface area contributed by atoms with Crippen molar-refractivity contribution in [1.29, 1.82) is 0 Å². The minimum Gasteiger partial charge on any atom is -0.493 e. The van der Waals surface area contributed by atoms with Crippen LogP contribution in [0.3, 0.4) is 0 Å². The number of hydrogen-bond donors (Lipinski definition) is 0. The Hall–Kier alpha value is -3.03. The fourth-order valence-corrected chi connectivity index (χ4v) is 5.27. The van der Waals surface area contributed by atoms with Crippen molar-refractivity contribution in [1.82, 2.24) is 4.90 Å². The van der Waals surface area contributed by atoms with Crippen molar-refractivity contribution >= 4 is 50.5 Å². The van der Waals surface area contributed by atoms with Gasteiger partial charge in [0.05, 0.1) is 22.2 Å². The van der Waals surface area contributed by atoms with E-state index in [4.69, 9.17) is 14.5 Å². The molecule has 1 aliphatic rings. The molecule has 4 rings (SSSR count). The number of carbonyl (C=O) groups excluding carboxylic acids is 1. The highest BCUT2D eigenvalue weighted by Crippen LogP contribution is 2.40. The molecule has 1 fully saturated rings. The van der Waals surface area contributed by atoms with Crippen molar-refractivity contribution in [2.45, 2.75) is 27.4 Å². The van der Waals surface area contributed by atoms with Gasteiger partial charge < -0.3 is 9.47 Å². The number of halogens is 1. The van der Waals surface area contributed by atoms with Gasteiger partial charge in [-0.1, -0.05) is 61.9 Å². The highest BCUT2D eigenvalue weighted by Gasteiger charge is 2.33. The van der Waals surface area contributed by atoms with Crippen molar-refractivity contribution in [2.75, 3.05) is 13.7 Å². The highest BCUT2D eigenvalue weighted by molar-refractivity contribution is 9.10. The molecule has 186 valence electrons. The molecule has 0 spiro atoms. The third kappa shape index (κ3) is 6.39. The first-order chi connectivity index (χ1) is 17.3. The Morgan fingerprint density at radius 1 is 1.08 bits per heavy atom. The third-order valence-electron chi connectivity index (χ3n) is 5.47. The lowest BCUT2D eigenvalue weighted by Crippen LogP contribution is -2.32. The molecule has 0 radical (unpaired) electrons. The maximum Gasteiger partial charge on any atom is 0.266 e. The average Bonchev–Trinajstić information content (AvgIpc) is 3.13. The SMILES string of the molecule is COc1cc(/C=C2/SC(=Nc3ccc(C)cc3)N(CC(C)C)C2=O)cc(Br)c1OCc1ccccc1. The zero-order valence-corrected chi connectivity index (χ0v) is 23.2. The van der Waals surface area contributed by atoms with Crippen LogP contribution < -0.4 is 9.47 Å². The Balaban J connectivity index is 1.62. The van der Waals surface area contributed by atoms with Gasteiger partial charge in [-0.2, -0.15) is 0 Å². The molecule has 0 saturated carbocycles. The van der Waals surface area contributed by atoms with Crippen molar-refractivity contribution in [2.24, 2.45) is 10.9 Å². The lowest BCUT2D eigenvalue weighted by molar-refractivity contribution is -0.122. The number of methoxy groups -OCH3 is 1. The van der Waals surface area contributed by atoms with Crippen LogP contribution in [0.1, 0.15) is 30.5 Å². The number of rotatable bonds is 8. The van der Waals surface area contributed by atoms with Gasteiger partial charge in [0.15, 0.2) is 16.7 Å². The molecule has 1 amide bonds. The van der Waals surface area contributed by atoms with Crippen LogP contribution >= 0.6 is 27.7 Å². The van der Waals surface area contributed by atoms with Crippen LogP contribution in [0.25, 0.3) is 6.08 Å². The highest BCUT2D eigenvalue weighted by atomic mass is 79.9. The number of carbonyl (C=O) groups is 1. The summed E-state index contributed by atoms with van der Waals surface area (Å²) in [5.74, 6) is 1.48. The number of amidine groups is 1. The molecule has 0 N–H and O–H groups in total. The molecule has 0 atom stereocenters. The fourth-order valence-electron chi connectivity index (χ4n) is 3.69. The molecule has 3 aromatic rings. The Labute approximate surface area is 225 Å². The summed E-state index contributed by atoms with van der Waals surface area (Å²) in [4.78, 5) is 20.5. The van der Waals surface area contributed by atoms with Crippen LogP contribution in [0.15, 0.2) is 81.1 Å². The summed E-state index contributed by atoms with van der Waals surface area (Å²) in [7, 11) is 1.61. The smallest absolute Gasteiger partial charge is 0.266 e. The predicted octanol–water partition coefficient (Wildman–Crippen LogP) is 7.61. The second kappa shape index (κ2) is 11.8. The average molecular weight is 566 g/mol. The van der Waals surface area contributed by atoms with Gasteiger partial charge in [-0.15, -0.1) is 0 Å². The molecule has 1 aliphatic heterocycles. The number of amides is 1. The summed E-state index contributed by atoms with van der Waals surface area (Å²) in [5.41, 5.74) is 3.90. The van der Waals surface area contributed by atoms with Crippen molar-refractivity contribution in [3.8, 4) is 11.5 Å². The van der Waals surface area contributed by atoms with Gasteiger partial charge in [0.1, 0.15) is 6.61 Å². The van der Waals surface area contributed by atoms with Crippen LogP contribution in [0.4, 0.5) is 5.69 Å².